The molecular weight excluding hydrogens is 394 g/mol. The number of benzene rings is 1. The molecule has 0 radical (unpaired) electrons. The molecule has 0 unspecified atom stereocenters. The van der Waals surface area contributed by atoms with Gasteiger partial charge in [0.1, 0.15) is 0 Å². The van der Waals surface area contributed by atoms with Crippen LogP contribution in [0.1, 0.15) is 37.7 Å². The Bertz CT molecular complexity index is 850. The summed E-state index contributed by atoms with van der Waals surface area (Å²) in [4.78, 5) is 26.5. The maximum Gasteiger partial charge on any atom is 0.321 e. The Kier molecular flexibility index (Phi) is 6.11. The summed E-state index contributed by atoms with van der Waals surface area (Å²) < 4.78 is 0.675. The van der Waals surface area contributed by atoms with Crippen molar-refractivity contribution < 1.29 is 9.59 Å². The molecule has 2 aliphatic rings. The second-order valence-corrected chi connectivity index (χ2v) is 9.22. The number of anilines is 2. The number of hydrogen-bond acceptors (Lipinski definition) is 6. The first-order valence-corrected chi connectivity index (χ1v) is 11.4. The topological polar surface area (TPSA) is 87.2 Å². The summed E-state index contributed by atoms with van der Waals surface area (Å²) in [6.45, 7) is 0.725. The van der Waals surface area contributed by atoms with Crippen LogP contribution in [0.2, 0.25) is 0 Å². The quantitative estimate of drug-likeness (QED) is 0.572. The van der Waals surface area contributed by atoms with Crippen molar-refractivity contribution in [2.45, 2.75) is 48.9 Å². The molecule has 1 aromatic carbocycles. The fourth-order valence-corrected chi connectivity index (χ4v) is 5.31. The largest absolute Gasteiger partial charge is 0.335 e. The fourth-order valence-electron chi connectivity index (χ4n) is 3.68. The molecule has 1 aromatic heterocycles. The predicted octanol–water partition coefficient (Wildman–Crippen LogP) is 3.67. The van der Waals surface area contributed by atoms with Gasteiger partial charge >= 0.3 is 6.03 Å². The summed E-state index contributed by atoms with van der Waals surface area (Å²) in [5, 5.41) is 14.3. The van der Waals surface area contributed by atoms with Gasteiger partial charge in [-0.2, -0.15) is 0 Å². The maximum atomic E-state index is 12.6. The lowest BCUT2D eigenvalue weighted by Gasteiger charge is -2.22. The van der Waals surface area contributed by atoms with Crippen molar-refractivity contribution in [3.63, 3.8) is 0 Å². The second kappa shape index (κ2) is 8.91. The normalized spacial score (nSPS) is 16.6. The number of nitrogens with zero attached hydrogens (tertiary/aromatic N) is 3. The molecule has 3 amide bonds. The van der Waals surface area contributed by atoms with Crippen molar-refractivity contribution in [2.75, 3.05) is 22.5 Å². The van der Waals surface area contributed by atoms with Crippen molar-refractivity contribution >= 4 is 45.9 Å². The highest BCUT2D eigenvalue weighted by Crippen LogP contribution is 2.30. The van der Waals surface area contributed by atoms with Gasteiger partial charge < -0.3 is 10.2 Å². The molecule has 1 fully saturated rings. The molecule has 0 saturated heterocycles. The summed E-state index contributed by atoms with van der Waals surface area (Å²) in [5.41, 5.74) is 2.22. The Morgan fingerprint density at radius 2 is 2.00 bits per heavy atom. The van der Waals surface area contributed by atoms with Gasteiger partial charge in [-0.1, -0.05) is 60.6 Å². The van der Waals surface area contributed by atoms with E-state index in [2.05, 4.69) is 26.9 Å². The number of carbonyl (C=O) groups is 2. The number of carbonyl (C=O) groups excluding carboxylic acids is 2. The molecule has 4 rings (SSSR count). The highest BCUT2D eigenvalue weighted by Gasteiger charge is 2.24. The molecular formula is C19H23N5O2S2. The lowest BCUT2D eigenvalue weighted by Crippen LogP contribution is -2.38. The number of aromatic nitrogens is 2. The van der Waals surface area contributed by atoms with E-state index in [1.807, 2.05) is 23.1 Å². The van der Waals surface area contributed by atoms with E-state index in [-0.39, 0.29) is 18.0 Å². The molecule has 28 heavy (non-hydrogen) atoms. The van der Waals surface area contributed by atoms with Gasteiger partial charge in [0.25, 0.3) is 0 Å². The van der Waals surface area contributed by atoms with Gasteiger partial charge in [0.2, 0.25) is 11.0 Å². The van der Waals surface area contributed by atoms with Gasteiger partial charge in [0.05, 0.1) is 5.75 Å². The number of thioether (sulfide) groups is 1. The van der Waals surface area contributed by atoms with E-state index in [0.717, 1.165) is 31.5 Å². The molecule has 2 heterocycles. The van der Waals surface area contributed by atoms with Crippen LogP contribution in [-0.4, -0.2) is 40.5 Å². The lowest BCUT2D eigenvalue weighted by molar-refractivity contribution is -0.116. The first kappa shape index (κ1) is 19.2. The van der Waals surface area contributed by atoms with Crippen LogP contribution in [0.25, 0.3) is 0 Å². The minimum atomic E-state index is -0.232. The second-order valence-electron chi connectivity index (χ2n) is 7.02. The van der Waals surface area contributed by atoms with E-state index in [1.165, 1.54) is 47.9 Å². The highest BCUT2D eigenvalue weighted by atomic mass is 32.2. The molecule has 2 N–H and O–H groups in total. The van der Waals surface area contributed by atoms with E-state index in [1.54, 1.807) is 0 Å². The SMILES string of the molecule is O=C(Nc1nnc(SCC(=O)N2CCc3ccccc32)s1)NC1CCCCC1. The Morgan fingerprint density at radius 1 is 1.18 bits per heavy atom. The minimum Gasteiger partial charge on any atom is -0.335 e. The fraction of sp³-hybridized carbons (Fsp3) is 0.474. The molecule has 1 aliphatic carbocycles. The zero-order valence-electron chi connectivity index (χ0n) is 15.5. The summed E-state index contributed by atoms with van der Waals surface area (Å²) in [6.07, 6.45) is 6.55. The zero-order chi connectivity index (χ0) is 19.3. The van der Waals surface area contributed by atoms with E-state index in [4.69, 9.17) is 0 Å². The molecule has 1 aliphatic heterocycles. The third kappa shape index (κ3) is 4.64. The number of rotatable bonds is 5. The number of urea groups is 1. The number of nitrogens with one attached hydrogen (secondary N) is 2. The molecule has 0 spiro atoms. The van der Waals surface area contributed by atoms with Crippen LogP contribution in [0.15, 0.2) is 28.6 Å². The van der Waals surface area contributed by atoms with E-state index in [9.17, 15) is 9.59 Å². The van der Waals surface area contributed by atoms with Crippen molar-refractivity contribution in [1.82, 2.24) is 15.5 Å². The average molecular weight is 418 g/mol. The highest BCUT2D eigenvalue weighted by molar-refractivity contribution is 8.01. The minimum absolute atomic E-state index is 0.0645. The van der Waals surface area contributed by atoms with Gasteiger partial charge in [-0.3, -0.25) is 10.1 Å². The van der Waals surface area contributed by atoms with Crippen LogP contribution >= 0.6 is 23.1 Å². The first-order valence-electron chi connectivity index (χ1n) is 9.61. The van der Waals surface area contributed by atoms with E-state index in [0.29, 0.717) is 15.2 Å². The maximum absolute atomic E-state index is 12.6. The third-order valence-electron chi connectivity index (χ3n) is 5.07. The van der Waals surface area contributed by atoms with Gasteiger partial charge in [-0.05, 0) is 30.9 Å². The van der Waals surface area contributed by atoms with Crippen molar-refractivity contribution in [2.24, 2.45) is 0 Å². The van der Waals surface area contributed by atoms with Gasteiger partial charge in [-0.15, -0.1) is 10.2 Å². The average Bonchev–Trinajstić information content (AvgIpc) is 3.33. The van der Waals surface area contributed by atoms with Crippen LogP contribution in [0.4, 0.5) is 15.6 Å². The predicted molar refractivity (Wildman–Crippen MR) is 112 cm³/mol. The van der Waals surface area contributed by atoms with Crippen LogP contribution < -0.4 is 15.5 Å². The monoisotopic (exact) mass is 417 g/mol. The summed E-state index contributed by atoms with van der Waals surface area (Å²) in [6, 6.07) is 8.03. The molecule has 148 valence electrons. The Labute approximate surface area is 172 Å². The Hall–Kier alpha value is -2.13. The summed E-state index contributed by atoms with van der Waals surface area (Å²) >= 11 is 2.65. The molecule has 7 nitrogen and oxygen atoms in total. The number of amides is 3. The first-order chi connectivity index (χ1) is 13.7. The van der Waals surface area contributed by atoms with Crippen LogP contribution in [0, 0.1) is 0 Å². The molecule has 0 atom stereocenters. The standard InChI is InChI=1S/C19H23N5O2S2/c25-16(24-11-10-13-6-4-5-9-15(13)24)12-27-19-23-22-18(28-19)21-17(26)20-14-7-2-1-3-8-14/h4-6,9,14H,1-3,7-8,10-12H2,(H2,20,21,22,26). The van der Waals surface area contributed by atoms with Crippen molar-refractivity contribution in [1.29, 1.82) is 0 Å². The van der Waals surface area contributed by atoms with E-state index < -0.39 is 0 Å². The molecule has 1 saturated carbocycles. The Morgan fingerprint density at radius 3 is 2.86 bits per heavy atom. The van der Waals surface area contributed by atoms with Gasteiger partial charge in [-0.25, -0.2) is 4.79 Å². The van der Waals surface area contributed by atoms with Crippen molar-refractivity contribution in [3.05, 3.63) is 29.8 Å². The number of hydrogen-bond donors (Lipinski definition) is 2. The molecule has 0 bridgehead atoms. The number of para-hydroxylation sites is 1. The van der Waals surface area contributed by atoms with Gasteiger partial charge in [0.15, 0.2) is 4.34 Å². The van der Waals surface area contributed by atoms with Crippen LogP contribution in [0.5, 0.6) is 0 Å². The third-order valence-corrected chi connectivity index (χ3v) is 7.03. The summed E-state index contributed by atoms with van der Waals surface area (Å²) in [5.74, 6) is 0.367. The van der Waals surface area contributed by atoms with Crippen LogP contribution in [-0.2, 0) is 11.2 Å². The van der Waals surface area contributed by atoms with Crippen LogP contribution in [0.3, 0.4) is 0 Å². The smallest absolute Gasteiger partial charge is 0.321 e. The lowest BCUT2D eigenvalue weighted by atomic mass is 9.96. The number of fused-ring (bicyclic) bond motifs is 1. The zero-order valence-corrected chi connectivity index (χ0v) is 17.2. The van der Waals surface area contributed by atoms with Crippen molar-refractivity contribution in [3.8, 4) is 0 Å². The van der Waals surface area contributed by atoms with Gasteiger partial charge in [0, 0.05) is 18.3 Å². The molecule has 2 aromatic rings. The van der Waals surface area contributed by atoms with E-state index >= 15 is 0 Å². The summed E-state index contributed by atoms with van der Waals surface area (Å²) in [7, 11) is 0. The Balaban J connectivity index is 1.26. The molecule has 9 heteroatoms.